The standard InChI is InChI=1S/C24H30ClN3O3/c1-16(2)24(30)28-9-7-27(8-10-28)22-6-5-19(14-21(22)25)26-23(29)15-31-20-12-17(3)11-18(4)13-20/h5-6,11-14,16H,7-10,15H2,1-4H3,(H,26,29). The predicted octanol–water partition coefficient (Wildman–Crippen LogP) is 4.28. The van der Waals surface area contributed by atoms with Gasteiger partial charge < -0.3 is 19.9 Å². The molecule has 2 aromatic carbocycles. The zero-order valence-electron chi connectivity index (χ0n) is 18.6. The molecular weight excluding hydrogens is 414 g/mol. The molecule has 166 valence electrons. The number of carbonyl (C=O) groups excluding carboxylic acids is 2. The molecule has 2 aromatic rings. The van der Waals surface area contributed by atoms with E-state index in [1.165, 1.54) is 0 Å². The largest absolute Gasteiger partial charge is 0.484 e. The molecule has 1 fully saturated rings. The minimum atomic E-state index is -0.246. The van der Waals surface area contributed by atoms with Crippen LogP contribution in [0, 0.1) is 19.8 Å². The number of halogens is 1. The van der Waals surface area contributed by atoms with E-state index in [1.54, 1.807) is 6.07 Å². The summed E-state index contributed by atoms with van der Waals surface area (Å²) >= 11 is 6.50. The average Bonchev–Trinajstić information content (AvgIpc) is 2.71. The molecule has 0 unspecified atom stereocenters. The number of hydrogen-bond donors (Lipinski definition) is 1. The van der Waals surface area contributed by atoms with Crippen LogP contribution in [0.5, 0.6) is 5.75 Å². The number of rotatable bonds is 6. The normalized spacial score (nSPS) is 14.0. The van der Waals surface area contributed by atoms with Crippen molar-refractivity contribution >= 4 is 34.8 Å². The number of ether oxygens (including phenoxy) is 1. The minimum absolute atomic E-state index is 0.0111. The molecule has 0 saturated carbocycles. The monoisotopic (exact) mass is 443 g/mol. The lowest BCUT2D eigenvalue weighted by Gasteiger charge is -2.37. The lowest BCUT2D eigenvalue weighted by molar-refractivity contribution is -0.134. The Hall–Kier alpha value is -2.73. The molecule has 0 aromatic heterocycles. The topological polar surface area (TPSA) is 61.9 Å². The molecular formula is C24H30ClN3O3. The number of hydrogen-bond acceptors (Lipinski definition) is 4. The van der Waals surface area contributed by atoms with Gasteiger partial charge in [-0.15, -0.1) is 0 Å². The first kappa shape index (κ1) is 22.9. The van der Waals surface area contributed by atoms with Gasteiger partial charge in [-0.05, 0) is 55.3 Å². The maximum Gasteiger partial charge on any atom is 0.262 e. The molecule has 1 heterocycles. The highest BCUT2D eigenvalue weighted by molar-refractivity contribution is 6.33. The highest BCUT2D eigenvalue weighted by Gasteiger charge is 2.24. The lowest BCUT2D eigenvalue weighted by atomic mass is 10.1. The SMILES string of the molecule is Cc1cc(C)cc(OCC(=O)Nc2ccc(N3CCN(C(=O)C(C)C)CC3)c(Cl)c2)c1. The smallest absolute Gasteiger partial charge is 0.262 e. The van der Waals surface area contributed by atoms with E-state index in [0.29, 0.717) is 29.5 Å². The fourth-order valence-corrected chi connectivity index (χ4v) is 4.04. The molecule has 3 rings (SSSR count). The van der Waals surface area contributed by atoms with E-state index in [2.05, 4.69) is 16.3 Å². The van der Waals surface area contributed by atoms with Gasteiger partial charge in [0, 0.05) is 37.8 Å². The highest BCUT2D eigenvalue weighted by Crippen LogP contribution is 2.30. The molecule has 1 aliphatic heterocycles. The fourth-order valence-electron chi connectivity index (χ4n) is 3.74. The maximum absolute atomic E-state index is 12.3. The van der Waals surface area contributed by atoms with Gasteiger partial charge in [0.25, 0.3) is 5.91 Å². The summed E-state index contributed by atoms with van der Waals surface area (Å²) in [5, 5.41) is 3.39. The minimum Gasteiger partial charge on any atom is -0.484 e. The molecule has 0 radical (unpaired) electrons. The lowest BCUT2D eigenvalue weighted by Crippen LogP contribution is -2.50. The first-order valence-corrected chi connectivity index (χ1v) is 10.9. The summed E-state index contributed by atoms with van der Waals surface area (Å²) in [7, 11) is 0. The van der Waals surface area contributed by atoms with E-state index in [4.69, 9.17) is 16.3 Å². The number of nitrogens with one attached hydrogen (secondary N) is 1. The first-order chi connectivity index (χ1) is 14.7. The Labute approximate surface area is 189 Å². The van der Waals surface area contributed by atoms with Crippen LogP contribution < -0.4 is 15.0 Å². The predicted molar refractivity (Wildman–Crippen MR) is 125 cm³/mol. The number of aryl methyl sites for hydroxylation is 2. The molecule has 31 heavy (non-hydrogen) atoms. The van der Waals surface area contributed by atoms with Crippen LogP contribution in [-0.2, 0) is 9.59 Å². The van der Waals surface area contributed by atoms with E-state index in [-0.39, 0.29) is 24.3 Å². The van der Waals surface area contributed by atoms with Crippen molar-refractivity contribution in [1.29, 1.82) is 0 Å². The highest BCUT2D eigenvalue weighted by atomic mass is 35.5. The van der Waals surface area contributed by atoms with E-state index >= 15 is 0 Å². The Bertz CT molecular complexity index is 933. The van der Waals surface area contributed by atoms with Gasteiger partial charge in [-0.2, -0.15) is 0 Å². The van der Waals surface area contributed by atoms with Gasteiger partial charge in [-0.1, -0.05) is 31.5 Å². The summed E-state index contributed by atoms with van der Waals surface area (Å²) < 4.78 is 5.61. The Morgan fingerprint density at radius 2 is 1.68 bits per heavy atom. The molecule has 2 amide bonds. The van der Waals surface area contributed by atoms with E-state index in [1.807, 2.05) is 56.9 Å². The summed E-state index contributed by atoms with van der Waals surface area (Å²) in [6.07, 6.45) is 0. The second kappa shape index (κ2) is 10.1. The Kier molecular flexibility index (Phi) is 7.44. The van der Waals surface area contributed by atoms with Crippen molar-refractivity contribution in [1.82, 2.24) is 4.90 Å². The first-order valence-electron chi connectivity index (χ1n) is 10.6. The Morgan fingerprint density at radius 3 is 2.26 bits per heavy atom. The van der Waals surface area contributed by atoms with Crippen LogP contribution in [0.4, 0.5) is 11.4 Å². The van der Waals surface area contributed by atoms with Crippen LogP contribution in [-0.4, -0.2) is 49.5 Å². The summed E-state index contributed by atoms with van der Waals surface area (Å²) in [5.74, 6) is 0.628. The van der Waals surface area contributed by atoms with Gasteiger partial charge in [-0.3, -0.25) is 9.59 Å². The number of piperazine rings is 1. The van der Waals surface area contributed by atoms with Crippen LogP contribution in [0.15, 0.2) is 36.4 Å². The van der Waals surface area contributed by atoms with Crippen LogP contribution in [0.3, 0.4) is 0 Å². The third kappa shape index (κ3) is 6.14. The summed E-state index contributed by atoms with van der Waals surface area (Å²) in [4.78, 5) is 28.5. The van der Waals surface area contributed by atoms with Crippen molar-refractivity contribution in [3.63, 3.8) is 0 Å². The van der Waals surface area contributed by atoms with E-state index in [9.17, 15) is 9.59 Å². The molecule has 6 nitrogen and oxygen atoms in total. The molecule has 0 spiro atoms. The number of nitrogens with zero attached hydrogens (tertiary/aromatic N) is 2. The number of carbonyl (C=O) groups is 2. The quantitative estimate of drug-likeness (QED) is 0.723. The zero-order chi connectivity index (χ0) is 22.5. The molecule has 0 bridgehead atoms. The molecule has 1 aliphatic rings. The maximum atomic E-state index is 12.3. The van der Waals surface area contributed by atoms with Crippen LogP contribution >= 0.6 is 11.6 Å². The van der Waals surface area contributed by atoms with Crippen molar-refractivity contribution < 1.29 is 14.3 Å². The van der Waals surface area contributed by atoms with Crippen LogP contribution in [0.1, 0.15) is 25.0 Å². The summed E-state index contributed by atoms with van der Waals surface area (Å²) in [6, 6.07) is 11.3. The third-order valence-electron chi connectivity index (χ3n) is 5.22. The summed E-state index contributed by atoms with van der Waals surface area (Å²) in [6.45, 7) is 10.6. The van der Waals surface area contributed by atoms with Gasteiger partial charge in [-0.25, -0.2) is 0 Å². The van der Waals surface area contributed by atoms with Crippen molar-refractivity contribution in [2.75, 3.05) is 43.0 Å². The van der Waals surface area contributed by atoms with Crippen molar-refractivity contribution in [3.05, 3.63) is 52.5 Å². The molecule has 0 aliphatic carbocycles. The van der Waals surface area contributed by atoms with Gasteiger partial charge in [0.05, 0.1) is 10.7 Å². The van der Waals surface area contributed by atoms with Crippen molar-refractivity contribution in [2.24, 2.45) is 5.92 Å². The molecule has 1 N–H and O–H groups in total. The van der Waals surface area contributed by atoms with Crippen molar-refractivity contribution in [3.8, 4) is 5.75 Å². The van der Waals surface area contributed by atoms with Crippen molar-refractivity contribution in [2.45, 2.75) is 27.7 Å². The number of anilines is 2. The van der Waals surface area contributed by atoms with Gasteiger partial charge in [0.2, 0.25) is 5.91 Å². The second-order valence-electron chi connectivity index (χ2n) is 8.29. The second-order valence-corrected chi connectivity index (χ2v) is 8.70. The number of amides is 2. The van der Waals surface area contributed by atoms with Gasteiger partial charge >= 0.3 is 0 Å². The molecule has 7 heteroatoms. The van der Waals surface area contributed by atoms with Gasteiger partial charge in [0.1, 0.15) is 5.75 Å². The molecule has 0 atom stereocenters. The fraction of sp³-hybridized carbons (Fsp3) is 0.417. The Balaban J connectivity index is 1.54. The third-order valence-corrected chi connectivity index (χ3v) is 5.53. The van der Waals surface area contributed by atoms with Gasteiger partial charge in [0.15, 0.2) is 6.61 Å². The molecule has 1 saturated heterocycles. The average molecular weight is 444 g/mol. The van der Waals surface area contributed by atoms with E-state index in [0.717, 1.165) is 29.9 Å². The Morgan fingerprint density at radius 1 is 1.03 bits per heavy atom. The number of benzene rings is 2. The zero-order valence-corrected chi connectivity index (χ0v) is 19.3. The van der Waals surface area contributed by atoms with Crippen LogP contribution in [0.25, 0.3) is 0 Å². The van der Waals surface area contributed by atoms with Crippen LogP contribution in [0.2, 0.25) is 5.02 Å². The van der Waals surface area contributed by atoms with E-state index < -0.39 is 0 Å². The summed E-state index contributed by atoms with van der Waals surface area (Å²) in [5.41, 5.74) is 3.71.